The number of rotatable bonds is 8. The van der Waals surface area contributed by atoms with Gasteiger partial charge >= 0.3 is 0 Å². The van der Waals surface area contributed by atoms with Crippen LogP contribution in [0, 0.1) is 6.92 Å². The van der Waals surface area contributed by atoms with Crippen LogP contribution in [0.1, 0.15) is 41.5 Å². The molecular weight excluding hydrogens is 398 g/mol. The molecule has 2 aromatic carbocycles. The van der Waals surface area contributed by atoms with Crippen molar-refractivity contribution in [3.63, 3.8) is 0 Å². The molecule has 0 bridgehead atoms. The highest BCUT2D eigenvalue weighted by Gasteiger charge is 2.10. The number of hydrogen-bond donors (Lipinski definition) is 1. The van der Waals surface area contributed by atoms with Crippen molar-refractivity contribution in [3.05, 3.63) is 70.2 Å². The lowest BCUT2D eigenvalue weighted by Crippen LogP contribution is -2.07. The van der Waals surface area contributed by atoms with Gasteiger partial charge in [-0.1, -0.05) is 55.5 Å². The molecule has 1 heterocycles. The van der Waals surface area contributed by atoms with E-state index < -0.39 is 0 Å². The van der Waals surface area contributed by atoms with Gasteiger partial charge in [-0.15, -0.1) is 10.2 Å². The van der Waals surface area contributed by atoms with E-state index >= 15 is 0 Å². The highest BCUT2D eigenvalue weighted by molar-refractivity contribution is 7.15. The van der Waals surface area contributed by atoms with E-state index in [4.69, 9.17) is 9.47 Å². The second kappa shape index (κ2) is 10.0. The summed E-state index contributed by atoms with van der Waals surface area (Å²) < 4.78 is 11.4. The predicted octanol–water partition coefficient (Wildman–Crippen LogP) is 5.21. The molecule has 0 radical (unpaired) electrons. The highest BCUT2D eigenvalue weighted by atomic mass is 32.1. The SMILES string of the molecule is COc1cc(/C=C/C(=O)Nc2nnc(C(C)C)s2)ccc1OCc1ccccc1C. The fourth-order valence-electron chi connectivity index (χ4n) is 2.67. The number of carbonyl (C=O) groups excluding carboxylic acids is 1. The average molecular weight is 424 g/mol. The zero-order chi connectivity index (χ0) is 21.5. The standard InChI is InChI=1S/C23H25N3O3S/c1-15(2)22-25-26-23(30-22)24-21(27)12-10-17-9-11-19(20(13-17)28-4)29-14-18-8-6-5-7-16(18)3/h5-13,15H,14H2,1-4H3,(H,24,26,27)/b12-10+. The second-order valence-corrected chi connectivity index (χ2v) is 8.06. The molecule has 7 heteroatoms. The minimum atomic E-state index is -0.264. The number of aryl methyl sites for hydroxylation is 1. The summed E-state index contributed by atoms with van der Waals surface area (Å²) in [5.41, 5.74) is 3.13. The van der Waals surface area contributed by atoms with Crippen molar-refractivity contribution < 1.29 is 14.3 Å². The van der Waals surface area contributed by atoms with Crippen LogP contribution >= 0.6 is 11.3 Å². The minimum absolute atomic E-state index is 0.264. The molecule has 1 amide bonds. The highest BCUT2D eigenvalue weighted by Crippen LogP contribution is 2.29. The van der Waals surface area contributed by atoms with Crippen molar-refractivity contribution in [1.82, 2.24) is 10.2 Å². The molecule has 0 aliphatic carbocycles. The van der Waals surface area contributed by atoms with Crippen LogP contribution in [0.2, 0.25) is 0 Å². The van der Waals surface area contributed by atoms with Gasteiger partial charge in [-0.3, -0.25) is 10.1 Å². The van der Waals surface area contributed by atoms with Gasteiger partial charge in [0.1, 0.15) is 11.6 Å². The molecule has 0 aliphatic rings. The number of hydrogen-bond acceptors (Lipinski definition) is 6. The lowest BCUT2D eigenvalue weighted by molar-refractivity contribution is -0.111. The van der Waals surface area contributed by atoms with E-state index in [0.29, 0.717) is 23.2 Å². The van der Waals surface area contributed by atoms with Gasteiger partial charge < -0.3 is 9.47 Å². The smallest absolute Gasteiger partial charge is 0.250 e. The summed E-state index contributed by atoms with van der Waals surface area (Å²) in [4.78, 5) is 12.2. The minimum Gasteiger partial charge on any atom is -0.493 e. The Morgan fingerprint density at radius 3 is 2.67 bits per heavy atom. The second-order valence-electron chi connectivity index (χ2n) is 7.05. The number of anilines is 1. The quantitative estimate of drug-likeness (QED) is 0.504. The normalized spacial score (nSPS) is 11.1. The fraction of sp³-hybridized carbons (Fsp3) is 0.261. The third-order valence-corrected chi connectivity index (χ3v) is 5.56. The van der Waals surface area contributed by atoms with Crippen LogP contribution in [0.15, 0.2) is 48.5 Å². The van der Waals surface area contributed by atoms with Gasteiger partial charge in [-0.05, 0) is 41.8 Å². The molecule has 0 unspecified atom stereocenters. The van der Waals surface area contributed by atoms with Gasteiger partial charge in [-0.25, -0.2) is 0 Å². The van der Waals surface area contributed by atoms with Crippen molar-refractivity contribution in [2.75, 3.05) is 12.4 Å². The lowest BCUT2D eigenvalue weighted by Gasteiger charge is -2.12. The summed E-state index contributed by atoms with van der Waals surface area (Å²) in [6, 6.07) is 13.6. The van der Waals surface area contributed by atoms with E-state index in [9.17, 15) is 4.79 Å². The summed E-state index contributed by atoms with van der Waals surface area (Å²) in [6.07, 6.45) is 3.17. The number of carbonyl (C=O) groups is 1. The monoisotopic (exact) mass is 423 g/mol. The Hall–Kier alpha value is -3.19. The van der Waals surface area contributed by atoms with Crippen molar-refractivity contribution in [3.8, 4) is 11.5 Å². The van der Waals surface area contributed by atoms with E-state index in [1.165, 1.54) is 23.0 Å². The molecule has 1 aromatic heterocycles. The number of benzene rings is 2. The molecule has 6 nitrogen and oxygen atoms in total. The van der Waals surface area contributed by atoms with E-state index in [2.05, 4.69) is 28.5 Å². The third kappa shape index (κ3) is 5.67. The van der Waals surface area contributed by atoms with Gasteiger partial charge in [0.15, 0.2) is 11.5 Å². The van der Waals surface area contributed by atoms with Gasteiger partial charge in [-0.2, -0.15) is 0 Å². The molecule has 0 spiro atoms. The first-order valence-electron chi connectivity index (χ1n) is 9.64. The zero-order valence-corrected chi connectivity index (χ0v) is 18.3. The molecule has 156 valence electrons. The number of nitrogens with zero attached hydrogens (tertiary/aromatic N) is 2. The van der Waals surface area contributed by atoms with Crippen molar-refractivity contribution >= 4 is 28.5 Å². The van der Waals surface area contributed by atoms with Gasteiger partial charge in [0.05, 0.1) is 7.11 Å². The summed E-state index contributed by atoms with van der Waals surface area (Å²) in [6.45, 7) is 6.59. The van der Waals surface area contributed by atoms with E-state index in [1.54, 1.807) is 13.2 Å². The van der Waals surface area contributed by atoms with Crippen LogP contribution in [-0.2, 0) is 11.4 Å². The molecule has 0 saturated carbocycles. The van der Waals surface area contributed by atoms with Gasteiger partial charge in [0, 0.05) is 12.0 Å². The molecule has 0 atom stereocenters. The van der Waals surface area contributed by atoms with Crippen molar-refractivity contribution in [2.45, 2.75) is 33.3 Å². The van der Waals surface area contributed by atoms with Crippen molar-refractivity contribution in [2.24, 2.45) is 0 Å². The van der Waals surface area contributed by atoms with E-state index in [0.717, 1.165) is 16.1 Å². The lowest BCUT2D eigenvalue weighted by atomic mass is 10.1. The van der Waals surface area contributed by atoms with Crippen LogP contribution < -0.4 is 14.8 Å². The van der Waals surface area contributed by atoms with Crippen LogP contribution in [0.5, 0.6) is 11.5 Å². The van der Waals surface area contributed by atoms with Gasteiger partial charge in [0.25, 0.3) is 0 Å². The Morgan fingerprint density at radius 2 is 1.97 bits per heavy atom. The van der Waals surface area contributed by atoms with Crippen LogP contribution in [0.25, 0.3) is 6.08 Å². The summed E-state index contributed by atoms with van der Waals surface area (Å²) in [5.74, 6) is 1.28. The number of methoxy groups -OCH3 is 1. The Labute approximate surface area is 180 Å². The van der Waals surface area contributed by atoms with Gasteiger partial charge in [0.2, 0.25) is 11.0 Å². The first-order valence-corrected chi connectivity index (χ1v) is 10.5. The molecule has 3 rings (SSSR count). The van der Waals surface area contributed by atoms with E-state index in [1.807, 2.05) is 50.2 Å². The maximum Gasteiger partial charge on any atom is 0.250 e. The number of nitrogens with one attached hydrogen (secondary N) is 1. The predicted molar refractivity (Wildman–Crippen MR) is 120 cm³/mol. The summed E-state index contributed by atoms with van der Waals surface area (Å²) >= 11 is 1.38. The molecule has 0 saturated heterocycles. The fourth-order valence-corrected chi connectivity index (χ4v) is 3.42. The van der Waals surface area contributed by atoms with Crippen molar-refractivity contribution in [1.29, 1.82) is 0 Å². The molecule has 30 heavy (non-hydrogen) atoms. The number of ether oxygens (including phenoxy) is 2. The van der Waals surface area contributed by atoms with Crippen LogP contribution in [-0.4, -0.2) is 23.2 Å². The Kier molecular flexibility index (Phi) is 7.19. The number of aromatic nitrogens is 2. The number of amides is 1. The Morgan fingerprint density at radius 1 is 1.17 bits per heavy atom. The molecular formula is C23H25N3O3S. The molecule has 3 aromatic rings. The first kappa shape index (κ1) is 21.5. The summed E-state index contributed by atoms with van der Waals surface area (Å²) in [5, 5.41) is 12.2. The van der Waals surface area contributed by atoms with Crippen LogP contribution in [0.4, 0.5) is 5.13 Å². The zero-order valence-electron chi connectivity index (χ0n) is 17.5. The first-order chi connectivity index (χ1) is 14.5. The maximum atomic E-state index is 12.2. The molecule has 0 aliphatic heterocycles. The topological polar surface area (TPSA) is 73.3 Å². The Bertz CT molecular complexity index is 1040. The molecule has 1 N–H and O–H groups in total. The third-order valence-electron chi connectivity index (χ3n) is 4.42. The molecule has 0 fully saturated rings. The van der Waals surface area contributed by atoms with Crippen LogP contribution in [0.3, 0.4) is 0 Å². The maximum absolute atomic E-state index is 12.2. The summed E-state index contributed by atoms with van der Waals surface area (Å²) in [7, 11) is 1.60. The Balaban J connectivity index is 1.63. The average Bonchev–Trinajstić information content (AvgIpc) is 3.20. The van der Waals surface area contributed by atoms with E-state index in [-0.39, 0.29) is 11.8 Å². The largest absolute Gasteiger partial charge is 0.493 e.